The molecule has 0 saturated heterocycles. The molecule has 0 aliphatic rings. The molecular formula is C13H9ClN4. The van der Waals surface area contributed by atoms with E-state index < -0.39 is 11.5 Å². The second-order valence-corrected chi connectivity index (χ2v) is 4.00. The maximum Gasteiger partial charge on any atom is 0.338 e. The molecule has 4 nitrogen and oxygen atoms in total. The molecule has 2 unspecified atom stereocenters. The minimum absolute atomic E-state index is 0.119. The number of nitrogens with zero attached hydrogens (tertiary/aromatic N) is 4. The van der Waals surface area contributed by atoms with E-state index in [9.17, 15) is 10.5 Å². The lowest BCUT2D eigenvalue weighted by molar-refractivity contribution is 0.581. The molecule has 1 heterocycles. The molecule has 1 aromatic rings. The zero-order valence-electron chi connectivity index (χ0n) is 9.47. The number of halogens is 1. The second-order valence-electron chi connectivity index (χ2n) is 3.62. The highest BCUT2D eigenvalue weighted by molar-refractivity contribution is 6.29. The largest absolute Gasteiger partial charge is 0.338 e. The molecule has 0 N–H and O–H groups in total. The van der Waals surface area contributed by atoms with E-state index in [0.29, 0.717) is 10.7 Å². The molecule has 1 rings (SSSR count). The van der Waals surface area contributed by atoms with Crippen LogP contribution in [0.2, 0.25) is 5.15 Å². The molecule has 2 atom stereocenters. The summed E-state index contributed by atoms with van der Waals surface area (Å²) in [7, 11) is 0. The summed E-state index contributed by atoms with van der Waals surface area (Å²) < 4.78 is 0. The Labute approximate surface area is 111 Å². The van der Waals surface area contributed by atoms with Crippen molar-refractivity contribution in [1.82, 2.24) is 4.98 Å². The topological polar surface area (TPSA) is 64.8 Å². The number of nitriles is 2. The van der Waals surface area contributed by atoms with Gasteiger partial charge in [0.1, 0.15) is 5.15 Å². The van der Waals surface area contributed by atoms with Crippen LogP contribution in [0.4, 0.5) is 0 Å². The van der Waals surface area contributed by atoms with Gasteiger partial charge in [-0.1, -0.05) is 23.7 Å². The minimum atomic E-state index is -1.47. The fraction of sp³-hybridized carbons (Fsp3) is 0.231. The predicted molar refractivity (Wildman–Crippen MR) is 67.4 cm³/mol. The van der Waals surface area contributed by atoms with Gasteiger partial charge in [0.05, 0.1) is 12.5 Å². The van der Waals surface area contributed by atoms with Crippen molar-refractivity contribution in [2.45, 2.75) is 17.9 Å². The average molecular weight is 257 g/mol. The Morgan fingerprint density at radius 3 is 2.72 bits per heavy atom. The van der Waals surface area contributed by atoms with Gasteiger partial charge >= 0.3 is 5.54 Å². The predicted octanol–water partition coefficient (Wildman–Crippen LogP) is 3.10. The van der Waals surface area contributed by atoms with Gasteiger partial charge < -0.3 is 0 Å². The normalized spacial score (nSPS) is 14.3. The van der Waals surface area contributed by atoms with Gasteiger partial charge in [0.15, 0.2) is 12.0 Å². The number of hydrogen-bond donors (Lipinski definition) is 0. The Morgan fingerprint density at radius 2 is 2.33 bits per heavy atom. The second kappa shape index (κ2) is 5.82. The quantitative estimate of drug-likeness (QED) is 0.472. The van der Waals surface area contributed by atoms with Crippen LogP contribution in [0, 0.1) is 29.2 Å². The summed E-state index contributed by atoms with van der Waals surface area (Å²) in [5.74, 6) is -0.886. The van der Waals surface area contributed by atoms with Crippen LogP contribution in [0.5, 0.6) is 0 Å². The van der Waals surface area contributed by atoms with E-state index in [1.807, 2.05) is 12.1 Å². The van der Waals surface area contributed by atoms with Gasteiger partial charge in [-0.05, 0) is 11.6 Å². The highest BCUT2D eigenvalue weighted by Gasteiger charge is 2.46. The molecule has 1 aromatic heterocycles. The molecule has 0 aromatic carbocycles. The Kier molecular flexibility index (Phi) is 4.44. The monoisotopic (exact) mass is 256 g/mol. The van der Waals surface area contributed by atoms with E-state index in [1.165, 1.54) is 18.3 Å². The van der Waals surface area contributed by atoms with Crippen molar-refractivity contribution in [3.8, 4) is 12.1 Å². The van der Waals surface area contributed by atoms with Gasteiger partial charge in [0.2, 0.25) is 0 Å². The molecule has 0 aliphatic carbocycles. The Bertz CT molecular complexity index is 543. The lowest BCUT2D eigenvalue weighted by atomic mass is 9.80. The van der Waals surface area contributed by atoms with Gasteiger partial charge in [-0.3, -0.25) is 4.85 Å². The molecule has 18 heavy (non-hydrogen) atoms. The van der Waals surface area contributed by atoms with E-state index in [2.05, 4.69) is 16.4 Å². The van der Waals surface area contributed by atoms with Crippen molar-refractivity contribution in [1.29, 1.82) is 10.5 Å². The molecule has 0 amide bonds. The van der Waals surface area contributed by atoms with Gasteiger partial charge in [-0.15, -0.1) is 6.58 Å². The van der Waals surface area contributed by atoms with E-state index in [1.54, 1.807) is 6.07 Å². The average Bonchev–Trinajstić information content (AvgIpc) is 2.40. The first-order valence-corrected chi connectivity index (χ1v) is 5.43. The highest BCUT2D eigenvalue weighted by Crippen LogP contribution is 2.34. The molecule has 0 spiro atoms. The molecule has 88 valence electrons. The van der Waals surface area contributed by atoms with E-state index in [4.69, 9.17) is 18.2 Å². The van der Waals surface area contributed by atoms with E-state index in [0.717, 1.165) is 0 Å². The van der Waals surface area contributed by atoms with Crippen LogP contribution in [-0.4, -0.2) is 10.5 Å². The summed E-state index contributed by atoms with van der Waals surface area (Å²) in [6, 6.07) is 7.05. The van der Waals surface area contributed by atoms with Crippen molar-refractivity contribution in [2.24, 2.45) is 0 Å². The summed E-state index contributed by atoms with van der Waals surface area (Å²) in [5, 5.41) is 18.7. The maximum atomic E-state index is 9.23. The highest BCUT2D eigenvalue weighted by atomic mass is 35.5. The summed E-state index contributed by atoms with van der Waals surface area (Å²) in [6.45, 7) is 10.7. The molecule has 0 fully saturated rings. The van der Waals surface area contributed by atoms with Crippen molar-refractivity contribution >= 4 is 11.6 Å². The van der Waals surface area contributed by atoms with E-state index >= 15 is 0 Å². The Balaban J connectivity index is 3.29. The SMILES string of the molecule is [C-]#[N+]C(C#N)(CC=C)C(C#N)c1ccc(Cl)nc1. The third-order valence-electron chi connectivity index (χ3n) is 2.54. The fourth-order valence-electron chi connectivity index (χ4n) is 1.60. The Morgan fingerprint density at radius 1 is 1.61 bits per heavy atom. The first-order chi connectivity index (χ1) is 8.63. The van der Waals surface area contributed by atoms with Crippen molar-refractivity contribution in [3.05, 3.63) is 53.1 Å². The van der Waals surface area contributed by atoms with Gasteiger partial charge in [0, 0.05) is 6.20 Å². The summed E-state index contributed by atoms with van der Waals surface area (Å²) >= 11 is 5.67. The van der Waals surface area contributed by atoms with Crippen LogP contribution in [0.15, 0.2) is 31.0 Å². The number of rotatable bonds is 4. The van der Waals surface area contributed by atoms with Gasteiger partial charge in [-0.25, -0.2) is 11.6 Å². The van der Waals surface area contributed by atoms with Crippen LogP contribution in [0.1, 0.15) is 17.9 Å². The van der Waals surface area contributed by atoms with Crippen LogP contribution >= 0.6 is 11.6 Å². The van der Waals surface area contributed by atoms with Crippen LogP contribution in [-0.2, 0) is 0 Å². The number of hydrogen-bond acceptors (Lipinski definition) is 3. The van der Waals surface area contributed by atoms with Crippen molar-refractivity contribution in [3.63, 3.8) is 0 Å². The summed E-state index contributed by atoms with van der Waals surface area (Å²) in [5.41, 5.74) is -0.965. The number of aromatic nitrogens is 1. The lowest BCUT2D eigenvalue weighted by Gasteiger charge is -2.18. The molecule has 5 heteroatoms. The third kappa shape index (κ3) is 2.48. The van der Waals surface area contributed by atoms with Crippen LogP contribution in [0.25, 0.3) is 4.85 Å². The first-order valence-electron chi connectivity index (χ1n) is 5.05. The first kappa shape index (κ1) is 13.7. The maximum absolute atomic E-state index is 9.23. The van der Waals surface area contributed by atoms with E-state index in [-0.39, 0.29) is 6.42 Å². The zero-order valence-corrected chi connectivity index (χ0v) is 10.2. The minimum Gasteiger partial charge on any atom is -0.292 e. The van der Waals surface area contributed by atoms with Crippen LogP contribution in [0.3, 0.4) is 0 Å². The lowest BCUT2D eigenvalue weighted by Crippen LogP contribution is -2.30. The van der Waals surface area contributed by atoms with Crippen LogP contribution < -0.4 is 0 Å². The summed E-state index contributed by atoms with van der Waals surface area (Å²) in [6.07, 6.45) is 3.00. The Hall–Kier alpha value is -2.35. The molecule has 0 bridgehead atoms. The summed E-state index contributed by atoms with van der Waals surface area (Å²) in [4.78, 5) is 7.20. The molecular weight excluding hydrogens is 248 g/mol. The standard InChI is InChI=1S/C13H9ClN4/c1-3-6-13(9-16,17-2)11(7-15)10-4-5-12(14)18-8-10/h3-5,8,11H,1,6H2. The smallest absolute Gasteiger partial charge is 0.292 e. The molecule has 0 aliphatic heterocycles. The fourth-order valence-corrected chi connectivity index (χ4v) is 1.71. The zero-order chi connectivity index (χ0) is 13.6. The third-order valence-corrected chi connectivity index (χ3v) is 2.76. The molecule has 0 saturated carbocycles. The van der Waals surface area contributed by atoms with Crippen molar-refractivity contribution < 1.29 is 0 Å². The van der Waals surface area contributed by atoms with Gasteiger partial charge in [-0.2, -0.15) is 10.5 Å². The number of pyridine rings is 1. The van der Waals surface area contributed by atoms with Gasteiger partial charge in [0.25, 0.3) is 0 Å². The van der Waals surface area contributed by atoms with Crippen molar-refractivity contribution in [2.75, 3.05) is 0 Å². The molecule has 0 radical (unpaired) electrons.